The van der Waals surface area contributed by atoms with E-state index in [2.05, 4.69) is 16.0 Å². The van der Waals surface area contributed by atoms with Gasteiger partial charge in [-0.1, -0.05) is 78.1 Å². The number of aromatic nitrogens is 1. The number of benzene rings is 3. The molecule has 1 heterocycles. The standard InChI is InChI=1S/C28H26N4O2S/c1-18-12-13-21(26(33)30-22-14-15-22)16-23(18)31-28-32-24(20-10-6-3-7-11-20)25(35-28)27(34)29-17-19-8-4-2-5-9-19/h2-13,16,22H,14-15,17H2,1H3,(H,29,34)(H,30,33)(H,31,32). The average molecular weight is 483 g/mol. The molecule has 1 aliphatic rings. The van der Waals surface area contributed by atoms with E-state index in [4.69, 9.17) is 4.98 Å². The second-order valence-corrected chi connectivity index (χ2v) is 9.63. The minimum atomic E-state index is -0.174. The smallest absolute Gasteiger partial charge is 0.264 e. The first-order valence-electron chi connectivity index (χ1n) is 11.6. The molecule has 3 N–H and O–H groups in total. The topological polar surface area (TPSA) is 83.1 Å². The molecule has 2 amide bonds. The fraction of sp³-hybridized carbons (Fsp3) is 0.179. The number of nitrogens with one attached hydrogen (secondary N) is 3. The molecule has 0 radical (unpaired) electrons. The molecule has 5 rings (SSSR count). The van der Waals surface area contributed by atoms with Crippen molar-refractivity contribution in [1.29, 1.82) is 0 Å². The molecular weight excluding hydrogens is 456 g/mol. The van der Waals surface area contributed by atoms with Gasteiger partial charge in [-0.2, -0.15) is 0 Å². The van der Waals surface area contributed by atoms with Gasteiger partial charge in [-0.15, -0.1) is 0 Å². The molecule has 3 aromatic carbocycles. The molecule has 1 fully saturated rings. The number of carbonyl (C=O) groups excluding carboxylic acids is 2. The van der Waals surface area contributed by atoms with Gasteiger partial charge in [0.2, 0.25) is 0 Å². The Morgan fingerprint density at radius 2 is 1.66 bits per heavy atom. The summed E-state index contributed by atoms with van der Waals surface area (Å²) in [5, 5.41) is 9.98. The lowest BCUT2D eigenvalue weighted by molar-refractivity contribution is 0.0944. The average Bonchev–Trinajstić information content (AvgIpc) is 3.60. The normalized spacial score (nSPS) is 12.7. The van der Waals surface area contributed by atoms with Crippen molar-refractivity contribution in [3.05, 3.63) is 100 Å². The number of hydrogen-bond donors (Lipinski definition) is 3. The van der Waals surface area contributed by atoms with E-state index in [1.54, 1.807) is 0 Å². The Kier molecular flexibility index (Phi) is 6.59. The van der Waals surface area contributed by atoms with Gasteiger partial charge in [-0.25, -0.2) is 4.98 Å². The van der Waals surface area contributed by atoms with Crippen LogP contribution in [-0.2, 0) is 6.54 Å². The summed E-state index contributed by atoms with van der Waals surface area (Å²) in [5.74, 6) is -0.242. The van der Waals surface area contributed by atoms with Crippen LogP contribution in [0.3, 0.4) is 0 Å². The van der Waals surface area contributed by atoms with Gasteiger partial charge in [0, 0.05) is 29.4 Å². The molecule has 0 atom stereocenters. The van der Waals surface area contributed by atoms with Crippen LogP contribution in [0.4, 0.5) is 10.8 Å². The number of anilines is 2. The lowest BCUT2D eigenvalue weighted by Crippen LogP contribution is -2.25. The number of thiazole rings is 1. The maximum absolute atomic E-state index is 13.2. The molecule has 0 unspecified atom stereocenters. The van der Waals surface area contributed by atoms with Gasteiger partial charge in [0.05, 0.1) is 5.69 Å². The van der Waals surface area contributed by atoms with E-state index in [-0.39, 0.29) is 11.8 Å². The minimum absolute atomic E-state index is 0.0688. The zero-order valence-corrected chi connectivity index (χ0v) is 20.2. The van der Waals surface area contributed by atoms with Crippen LogP contribution in [0.5, 0.6) is 0 Å². The number of carbonyl (C=O) groups is 2. The molecule has 0 spiro atoms. The summed E-state index contributed by atoms with van der Waals surface area (Å²) in [4.78, 5) is 31.0. The Balaban J connectivity index is 1.41. The van der Waals surface area contributed by atoms with Crippen LogP contribution >= 0.6 is 11.3 Å². The van der Waals surface area contributed by atoms with E-state index < -0.39 is 0 Å². The summed E-state index contributed by atoms with van der Waals surface area (Å²) in [6.45, 7) is 2.41. The van der Waals surface area contributed by atoms with E-state index in [1.807, 2.05) is 85.8 Å². The summed E-state index contributed by atoms with van der Waals surface area (Å²) in [7, 11) is 0. The highest BCUT2D eigenvalue weighted by Gasteiger charge is 2.24. The maximum atomic E-state index is 13.2. The summed E-state index contributed by atoms with van der Waals surface area (Å²) in [5.41, 5.74) is 4.91. The molecule has 1 saturated carbocycles. The van der Waals surface area contributed by atoms with Crippen LogP contribution in [0.25, 0.3) is 11.3 Å². The van der Waals surface area contributed by atoms with E-state index in [0.717, 1.165) is 35.2 Å². The third kappa shape index (κ3) is 5.58. The lowest BCUT2D eigenvalue weighted by Gasteiger charge is -2.10. The van der Waals surface area contributed by atoms with Crippen LogP contribution < -0.4 is 16.0 Å². The predicted molar refractivity (Wildman–Crippen MR) is 140 cm³/mol. The fourth-order valence-corrected chi connectivity index (χ4v) is 4.60. The van der Waals surface area contributed by atoms with Crippen LogP contribution in [0, 0.1) is 6.92 Å². The van der Waals surface area contributed by atoms with Crippen LogP contribution in [0.15, 0.2) is 78.9 Å². The first-order valence-corrected chi connectivity index (χ1v) is 12.5. The van der Waals surface area contributed by atoms with Gasteiger partial charge in [0.1, 0.15) is 4.88 Å². The van der Waals surface area contributed by atoms with E-state index in [1.165, 1.54) is 11.3 Å². The van der Waals surface area contributed by atoms with Crippen LogP contribution in [-0.4, -0.2) is 22.8 Å². The molecule has 7 heteroatoms. The first-order chi connectivity index (χ1) is 17.1. The van der Waals surface area contributed by atoms with Gasteiger partial charge >= 0.3 is 0 Å². The maximum Gasteiger partial charge on any atom is 0.264 e. The minimum Gasteiger partial charge on any atom is -0.349 e. The van der Waals surface area contributed by atoms with Crippen molar-refractivity contribution in [3.63, 3.8) is 0 Å². The zero-order chi connectivity index (χ0) is 24.2. The number of aryl methyl sites for hydroxylation is 1. The lowest BCUT2D eigenvalue weighted by atomic mass is 10.1. The Morgan fingerprint density at radius 1 is 0.943 bits per heavy atom. The summed E-state index contributed by atoms with van der Waals surface area (Å²) >= 11 is 1.30. The number of nitrogens with zero attached hydrogens (tertiary/aromatic N) is 1. The second-order valence-electron chi connectivity index (χ2n) is 8.63. The fourth-order valence-electron chi connectivity index (χ4n) is 3.69. The van der Waals surface area contributed by atoms with E-state index in [0.29, 0.717) is 33.9 Å². The van der Waals surface area contributed by atoms with Gasteiger partial charge in [0.15, 0.2) is 5.13 Å². The molecule has 6 nitrogen and oxygen atoms in total. The highest BCUT2D eigenvalue weighted by atomic mass is 32.1. The van der Waals surface area contributed by atoms with Gasteiger partial charge in [-0.3, -0.25) is 9.59 Å². The third-order valence-corrected chi connectivity index (χ3v) is 6.80. The van der Waals surface area contributed by atoms with Crippen LogP contribution in [0.2, 0.25) is 0 Å². The SMILES string of the molecule is Cc1ccc(C(=O)NC2CC2)cc1Nc1nc(-c2ccccc2)c(C(=O)NCc2ccccc2)s1. The quantitative estimate of drug-likeness (QED) is 0.302. The van der Waals surface area contributed by atoms with Gasteiger partial charge < -0.3 is 16.0 Å². The van der Waals surface area contributed by atoms with E-state index >= 15 is 0 Å². The molecule has 35 heavy (non-hydrogen) atoms. The zero-order valence-electron chi connectivity index (χ0n) is 19.4. The Labute approximate surface area is 208 Å². The van der Waals surface area contributed by atoms with Crippen molar-refractivity contribution < 1.29 is 9.59 Å². The predicted octanol–water partition coefficient (Wildman–Crippen LogP) is 5.68. The van der Waals surface area contributed by atoms with Gasteiger partial charge in [0.25, 0.3) is 11.8 Å². The van der Waals surface area contributed by atoms with Crippen molar-refractivity contribution in [2.24, 2.45) is 0 Å². The number of amides is 2. The molecule has 0 aliphatic heterocycles. The molecule has 1 aromatic heterocycles. The number of rotatable bonds is 8. The van der Waals surface area contributed by atoms with E-state index in [9.17, 15) is 9.59 Å². The third-order valence-electron chi connectivity index (χ3n) is 5.83. The Morgan fingerprint density at radius 3 is 2.37 bits per heavy atom. The molecule has 1 aliphatic carbocycles. The largest absolute Gasteiger partial charge is 0.349 e. The van der Waals surface area contributed by atoms with Crippen molar-refractivity contribution in [1.82, 2.24) is 15.6 Å². The number of hydrogen-bond acceptors (Lipinski definition) is 5. The summed E-state index contributed by atoms with van der Waals surface area (Å²) < 4.78 is 0. The molecule has 4 aromatic rings. The van der Waals surface area contributed by atoms with Crippen molar-refractivity contribution >= 4 is 34.0 Å². The summed E-state index contributed by atoms with van der Waals surface area (Å²) in [6, 6.07) is 25.4. The Hall–Kier alpha value is -3.97. The summed E-state index contributed by atoms with van der Waals surface area (Å²) in [6.07, 6.45) is 2.08. The molecule has 176 valence electrons. The second kappa shape index (κ2) is 10.1. The Bertz CT molecular complexity index is 1350. The van der Waals surface area contributed by atoms with Crippen molar-refractivity contribution in [3.8, 4) is 11.3 Å². The highest BCUT2D eigenvalue weighted by molar-refractivity contribution is 7.18. The monoisotopic (exact) mass is 482 g/mol. The van der Waals surface area contributed by atoms with Crippen molar-refractivity contribution in [2.75, 3.05) is 5.32 Å². The molecular formula is C28H26N4O2S. The van der Waals surface area contributed by atoms with Gasteiger partial charge in [-0.05, 0) is 43.0 Å². The van der Waals surface area contributed by atoms with Crippen LogP contribution in [0.1, 0.15) is 44.0 Å². The van der Waals surface area contributed by atoms with Crippen molar-refractivity contribution in [2.45, 2.75) is 32.4 Å². The molecule has 0 saturated heterocycles. The first kappa shape index (κ1) is 22.8. The highest BCUT2D eigenvalue weighted by Crippen LogP contribution is 2.34. The molecule has 0 bridgehead atoms.